The first kappa shape index (κ1) is 12.9. The summed E-state index contributed by atoms with van der Waals surface area (Å²) in [7, 11) is 0. The van der Waals surface area contributed by atoms with E-state index in [9.17, 15) is 0 Å². The van der Waals surface area contributed by atoms with Crippen LogP contribution in [-0.4, -0.2) is 36.6 Å². The van der Waals surface area contributed by atoms with Crippen molar-refractivity contribution < 1.29 is 0 Å². The van der Waals surface area contributed by atoms with E-state index in [4.69, 9.17) is 0 Å². The largest absolute Gasteiger partial charge is 0.317 e. The Kier molecular flexibility index (Phi) is 4.25. The molecule has 104 valence electrons. The van der Waals surface area contributed by atoms with Gasteiger partial charge in [0.15, 0.2) is 0 Å². The molecule has 1 aliphatic heterocycles. The van der Waals surface area contributed by atoms with Crippen molar-refractivity contribution in [3.63, 3.8) is 0 Å². The molecular weight excluding hydrogens is 220 g/mol. The summed E-state index contributed by atoms with van der Waals surface area (Å²) in [4.78, 5) is 2.88. The fourth-order valence-electron chi connectivity index (χ4n) is 3.80. The molecule has 0 aromatic rings. The molecular formula is C16H30N2. The third kappa shape index (κ3) is 3.27. The Labute approximate surface area is 113 Å². The number of hydrogen-bond donors (Lipinski definition) is 1. The van der Waals surface area contributed by atoms with E-state index in [0.717, 1.165) is 23.9 Å². The van der Waals surface area contributed by atoms with Crippen molar-refractivity contribution in [2.75, 3.05) is 19.6 Å². The summed E-state index contributed by atoms with van der Waals surface area (Å²) in [5, 5.41) is 3.49. The van der Waals surface area contributed by atoms with Crippen LogP contribution in [0.25, 0.3) is 0 Å². The standard InChI is InChI=1S/C16H30N2/c1-13(11-14-3-2-4-14)18(16-5-6-16)12-15-7-9-17-10-8-15/h13-17H,2-12H2,1H3. The molecule has 1 saturated heterocycles. The fraction of sp³-hybridized carbons (Fsp3) is 1.00. The molecule has 0 amide bonds. The Hall–Kier alpha value is -0.0800. The lowest BCUT2D eigenvalue weighted by Gasteiger charge is -2.37. The first-order valence-electron chi connectivity index (χ1n) is 8.29. The predicted molar refractivity (Wildman–Crippen MR) is 76.7 cm³/mol. The maximum Gasteiger partial charge on any atom is 0.00993 e. The molecule has 0 radical (unpaired) electrons. The van der Waals surface area contributed by atoms with Crippen LogP contribution in [0, 0.1) is 11.8 Å². The average Bonchev–Trinajstić information content (AvgIpc) is 3.16. The fourth-order valence-corrected chi connectivity index (χ4v) is 3.80. The van der Waals surface area contributed by atoms with Gasteiger partial charge in [0, 0.05) is 18.6 Å². The van der Waals surface area contributed by atoms with Crippen LogP contribution in [0.3, 0.4) is 0 Å². The predicted octanol–water partition coefficient (Wildman–Crippen LogP) is 3.03. The van der Waals surface area contributed by atoms with E-state index >= 15 is 0 Å². The van der Waals surface area contributed by atoms with Gasteiger partial charge in [-0.05, 0) is 64.0 Å². The van der Waals surface area contributed by atoms with Gasteiger partial charge in [-0.1, -0.05) is 19.3 Å². The summed E-state index contributed by atoms with van der Waals surface area (Å²) in [5.74, 6) is 2.03. The number of rotatable bonds is 6. The van der Waals surface area contributed by atoms with Gasteiger partial charge in [0.1, 0.15) is 0 Å². The van der Waals surface area contributed by atoms with Gasteiger partial charge in [0.2, 0.25) is 0 Å². The van der Waals surface area contributed by atoms with Crippen LogP contribution >= 0.6 is 0 Å². The molecule has 2 aliphatic carbocycles. The minimum Gasteiger partial charge on any atom is -0.317 e. The molecule has 18 heavy (non-hydrogen) atoms. The van der Waals surface area contributed by atoms with Crippen LogP contribution in [0.4, 0.5) is 0 Å². The minimum absolute atomic E-state index is 0.845. The van der Waals surface area contributed by atoms with Crippen molar-refractivity contribution in [3.8, 4) is 0 Å². The van der Waals surface area contributed by atoms with Crippen LogP contribution < -0.4 is 5.32 Å². The van der Waals surface area contributed by atoms with E-state index in [0.29, 0.717) is 0 Å². The van der Waals surface area contributed by atoms with Gasteiger partial charge in [-0.15, -0.1) is 0 Å². The smallest absolute Gasteiger partial charge is 0.00993 e. The summed E-state index contributed by atoms with van der Waals surface area (Å²) in [6.07, 6.45) is 11.7. The van der Waals surface area contributed by atoms with Gasteiger partial charge in [-0.2, -0.15) is 0 Å². The Balaban J connectivity index is 1.49. The van der Waals surface area contributed by atoms with E-state index in [1.807, 2.05) is 0 Å². The highest BCUT2D eigenvalue weighted by molar-refractivity contribution is 4.90. The minimum atomic E-state index is 0.845. The molecule has 3 aliphatic rings. The van der Waals surface area contributed by atoms with E-state index in [1.54, 1.807) is 0 Å². The maximum absolute atomic E-state index is 3.49. The highest BCUT2D eigenvalue weighted by Crippen LogP contribution is 2.36. The summed E-state index contributed by atoms with van der Waals surface area (Å²) in [6.45, 7) is 6.39. The molecule has 1 N–H and O–H groups in total. The maximum atomic E-state index is 3.49. The van der Waals surface area contributed by atoms with Gasteiger partial charge in [-0.3, -0.25) is 4.90 Å². The molecule has 3 fully saturated rings. The van der Waals surface area contributed by atoms with Gasteiger partial charge in [0.05, 0.1) is 0 Å². The molecule has 1 unspecified atom stereocenters. The molecule has 0 spiro atoms. The van der Waals surface area contributed by atoms with Crippen LogP contribution in [0.1, 0.15) is 58.3 Å². The zero-order valence-electron chi connectivity index (χ0n) is 12.0. The molecule has 1 atom stereocenters. The quantitative estimate of drug-likeness (QED) is 0.779. The molecule has 3 rings (SSSR count). The first-order chi connectivity index (χ1) is 8.83. The molecule has 0 bridgehead atoms. The molecule has 0 aromatic heterocycles. The van der Waals surface area contributed by atoms with Crippen molar-refractivity contribution in [1.29, 1.82) is 0 Å². The number of nitrogens with zero attached hydrogens (tertiary/aromatic N) is 1. The normalized spacial score (nSPS) is 28.3. The highest BCUT2D eigenvalue weighted by Gasteiger charge is 2.35. The topological polar surface area (TPSA) is 15.3 Å². The second kappa shape index (κ2) is 5.92. The van der Waals surface area contributed by atoms with Gasteiger partial charge in [0.25, 0.3) is 0 Å². The Morgan fingerprint density at radius 3 is 2.28 bits per heavy atom. The third-order valence-corrected chi connectivity index (χ3v) is 5.41. The Morgan fingerprint density at radius 2 is 1.72 bits per heavy atom. The van der Waals surface area contributed by atoms with Crippen LogP contribution in [0.5, 0.6) is 0 Å². The van der Waals surface area contributed by atoms with Crippen molar-refractivity contribution in [1.82, 2.24) is 10.2 Å². The molecule has 2 heteroatoms. The lowest BCUT2D eigenvalue weighted by Crippen LogP contribution is -2.42. The summed E-state index contributed by atoms with van der Waals surface area (Å²) in [5.41, 5.74) is 0. The summed E-state index contributed by atoms with van der Waals surface area (Å²) < 4.78 is 0. The molecule has 2 saturated carbocycles. The van der Waals surface area contributed by atoms with E-state index in [1.165, 1.54) is 71.0 Å². The number of hydrogen-bond acceptors (Lipinski definition) is 2. The third-order valence-electron chi connectivity index (χ3n) is 5.41. The van der Waals surface area contributed by atoms with Gasteiger partial charge < -0.3 is 5.32 Å². The second-order valence-corrected chi connectivity index (χ2v) is 7.00. The van der Waals surface area contributed by atoms with Crippen molar-refractivity contribution in [3.05, 3.63) is 0 Å². The highest BCUT2D eigenvalue weighted by atomic mass is 15.2. The zero-order valence-corrected chi connectivity index (χ0v) is 12.0. The van der Waals surface area contributed by atoms with Gasteiger partial charge in [-0.25, -0.2) is 0 Å². The molecule has 0 aromatic carbocycles. The van der Waals surface area contributed by atoms with Crippen molar-refractivity contribution >= 4 is 0 Å². The Morgan fingerprint density at radius 1 is 1.00 bits per heavy atom. The summed E-state index contributed by atoms with van der Waals surface area (Å²) in [6, 6.07) is 1.80. The van der Waals surface area contributed by atoms with Crippen LogP contribution in [0.2, 0.25) is 0 Å². The van der Waals surface area contributed by atoms with E-state index < -0.39 is 0 Å². The second-order valence-electron chi connectivity index (χ2n) is 7.00. The van der Waals surface area contributed by atoms with Crippen LogP contribution in [0.15, 0.2) is 0 Å². The first-order valence-corrected chi connectivity index (χ1v) is 8.29. The molecule has 1 heterocycles. The number of nitrogens with one attached hydrogen (secondary N) is 1. The van der Waals surface area contributed by atoms with Crippen molar-refractivity contribution in [2.24, 2.45) is 11.8 Å². The summed E-state index contributed by atoms with van der Waals surface area (Å²) >= 11 is 0. The number of piperidine rings is 1. The molecule has 2 nitrogen and oxygen atoms in total. The lowest BCUT2D eigenvalue weighted by molar-refractivity contribution is 0.118. The van der Waals surface area contributed by atoms with Crippen molar-refractivity contribution in [2.45, 2.75) is 70.4 Å². The lowest BCUT2D eigenvalue weighted by atomic mass is 9.80. The van der Waals surface area contributed by atoms with Gasteiger partial charge >= 0.3 is 0 Å². The zero-order chi connectivity index (χ0) is 12.4. The SMILES string of the molecule is CC(CC1CCC1)N(CC1CCNCC1)C1CC1. The van der Waals surface area contributed by atoms with E-state index in [-0.39, 0.29) is 0 Å². The average molecular weight is 250 g/mol. The Bertz CT molecular complexity index is 252. The van der Waals surface area contributed by atoms with E-state index in [2.05, 4.69) is 17.1 Å². The van der Waals surface area contributed by atoms with Crippen LogP contribution in [-0.2, 0) is 0 Å². The monoisotopic (exact) mass is 250 g/mol.